The fourth-order valence-corrected chi connectivity index (χ4v) is 3.53. The molecule has 3 aromatic rings. The van der Waals surface area contributed by atoms with Crippen molar-refractivity contribution >= 4 is 23.5 Å². The van der Waals surface area contributed by atoms with Gasteiger partial charge in [-0.15, -0.1) is 0 Å². The molecule has 0 N–H and O–H groups in total. The lowest BCUT2D eigenvalue weighted by molar-refractivity contribution is 0.0513. The summed E-state index contributed by atoms with van der Waals surface area (Å²) in [6.45, 7) is 2.77. The minimum Gasteiger partial charge on any atom is -0.461 e. The second-order valence-corrected chi connectivity index (χ2v) is 7.01. The number of amides is 1. The summed E-state index contributed by atoms with van der Waals surface area (Å²) in [4.78, 5) is 31.2. The zero-order valence-electron chi connectivity index (χ0n) is 15.8. The average molecular weight is 411 g/mol. The minimum absolute atomic E-state index is 0.176. The lowest BCUT2D eigenvalue weighted by Gasteiger charge is -2.27. The molecule has 0 radical (unpaired) electrons. The Morgan fingerprint density at radius 2 is 1.97 bits per heavy atom. The molecule has 7 nitrogen and oxygen atoms in total. The Labute approximate surface area is 172 Å². The largest absolute Gasteiger partial charge is 0.461 e. The van der Waals surface area contributed by atoms with E-state index in [1.807, 2.05) is 12.1 Å². The summed E-state index contributed by atoms with van der Waals surface area (Å²) < 4.78 is 6.93. The second-order valence-electron chi connectivity index (χ2n) is 6.57. The molecule has 1 aliphatic heterocycles. The fourth-order valence-electron chi connectivity index (χ4n) is 3.40. The molecule has 29 heavy (non-hydrogen) atoms. The number of hydrogen-bond donors (Lipinski definition) is 0. The van der Waals surface area contributed by atoms with Gasteiger partial charge in [-0.1, -0.05) is 17.7 Å². The molecule has 0 spiro atoms. The Hall–Kier alpha value is -3.19. The lowest BCUT2D eigenvalue weighted by atomic mass is 10.0. The third-order valence-electron chi connectivity index (χ3n) is 4.77. The van der Waals surface area contributed by atoms with Gasteiger partial charge < -0.3 is 9.64 Å². The van der Waals surface area contributed by atoms with Crippen molar-refractivity contribution in [3.63, 3.8) is 0 Å². The summed E-state index contributed by atoms with van der Waals surface area (Å²) in [6.07, 6.45) is 2.15. The number of pyridine rings is 1. The molecule has 1 aromatic carbocycles. The quantitative estimate of drug-likeness (QED) is 0.617. The number of aromatic nitrogens is 3. The lowest BCUT2D eigenvalue weighted by Crippen LogP contribution is -2.37. The Morgan fingerprint density at radius 1 is 1.17 bits per heavy atom. The van der Waals surface area contributed by atoms with Gasteiger partial charge in [0.05, 0.1) is 24.5 Å². The van der Waals surface area contributed by atoms with E-state index in [9.17, 15) is 9.59 Å². The van der Waals surface area contributed by atoms with Crippen molar-refractivity contribution in [3.8, 4) is 5.69 Å². The molecule has 4 rings (SSSR count). The van der Waals surface area contributed by atoms with Crippen LogP contribution in [0.5, 0.6) is 0 Å². The number of halogens is 1. The third-order valence-corrected chi connectivity index (χ3v) is 5.02. The number of nitrogens with zero attached hydrogens (tertiary/aromatic N) is 4. The normalized spacial score (nSPS) is 13.1. The topological polar surface area (TPSA) is 77.3 Å². The maximum Gasteiger partial charge on any atom is 0.359 e. The van der Waals surface area contributed by atoms with Gasteiger partial charge in [0.2, 0.25) is 0 Å². The SMILES string of the molecule is CCOC(=O)c1nn(-c2ccc(Cl)cc2)c2c1CN(C(=O)c1ccccn1)CC2. The molecule has 1 amide bonds. The Balaban J connectivity index is 1.72. The van der Waals surface area contributed by atoms with Gasteiger partial charge in [0, 0.05) is 29.7 Å². The molecule has 148 valence electrons. The number of carbonyl (C=O) groups excluding carboxylic acids is 2. The maximum absolute atomic E-state index is 12.8. The van der Waals surface area contributed by atoms with Gasteiger partial charge in [-0.25, -0.2) is 9.48 Å². The number of hydrogen-bond acceptors (Lipinski definition) is 5. The van der Waals surface area contributed by atoms with Gasteiger partial charge in [-0.2, -0.15) is 5.10 Å². The summed E-state index contributed by atoms with van der Waals surface area (Å²) in [6, 6.07) is 12.5. The van der Waals surface area contributed by atoms with Crippen LogP contribution in [0.2, 0.25) is 5.02 Å². The summed E-state index contributed by atoms with van der Waals surface area (Å²) in [5, 5.41) is 5.14. The molecular formula is C21H19ClN4O3. The Bertz CT molecular complexity index is 1050. The molecule has 0 unspecified atom stereocenters. The number of fused-ring (bicyclic) bond motifs is 1. The van der Waals surface area contributed by atoms with Gasteiger partial charge in [-0.05, 0) is 43.3 Å². The van der Waals surface area contributed by atoms with Crippen LogP contribution in [0.15, 0.2) is 48.7 Å². The van der Waals surface area contributed by atoms with E-state index in [0.29, 0.717) is 29.2 Å². The highest BCUT2D eigenvalue weighted by molar-refractivity contribution is 6.30. The first-order chi connectivity index (χ1) is 14.1. The van der Waals surface area contributed by atoms with Crippen molar-refractivity contribution in [1.82, 2.24) is 19.7 Å². The van der Waals surface area contributed by atoms with Crippen molar-refractivity contribution in [1.29, 1.82) is 0 Å². The van der Waals surface area contributed by atoms with Crippen LogP contribution < -0.4 is 0 Å². The van der Waals surface area contributed by atoms with Crippen molar-refractivity contribution in [3.05, 3.63) is 76.3 Å². The van der Waals surface area contributed by atoms with Crippen LogP contribution in [-0.4, -0.2) is 44.7 Å². The van der Waals surface area contributed by atoms with Crippen LogP contribution in [0.25, 0.3) is 5.69 Å². The molecule has 2 aromatic heterocycles. The second kappa shape index (κ2) is 8.05. The zero-order chi connectivity index (χ0) is 20.4. The maximum atomic E-state index is 12.8. The molecule has 0 fully saturated rings. The standard InChI is InChI=1S/C21H19ClN4O3/c1-2-29-21(28)19-16-13-25(20(27)17-5-3-4-11-23-17)12-10-18(16)26(24-19)15-8-6-14(22)7-9-15/h3-9,11H,2,10,12-13H2,1H3. The summed E-state index contributed by atoms with van der Waals surface area (Å²) in [5.74, 6) is -0.672. The average Bonchev–Trinajstić information content (AvgIpc) is 3.13. The van der Waals surface area contributed by atoms with Crippen molar-refractivity contribution in [2.24, 2.45) is 0 Å². The highest BCUT2D eigenvalue weighted by Gasteiger charge is 2.31. The first kappa shape index (κ1) is 19.1. The van der Waals surface area contributed by atoms with E-state index in [1.54, 1.807) is 53.0 Å². The van der Waals surface area contributed by atoms with Gasteiger partial charge >= 0.3 is 5.97 Å². The molecule has 0 saturated carbocycles. The zero-order valence-corrected chi connectivity index (χ0v) is 16.6. The molecule has 0 aliphatic carbocycles. The van der Waals surface area contributed by atoms with E-state index >= 15 is 0 Å². The molecule has 3 heterocycles. The van der Waals surface area contributed by atoms with Gasteiger partial charge in [0.1, 0.15) is 5.69 Å². The first-order valence-electron chi connectivity index (χ1n) is 9.32. The van der Waals surface area contributed by atoms with Crippen LogP contribution in [0, 0.1) is 0 Å². The third kappa shape index (κ3) is 3.73. The number of ether oxygens (including phenoxy) is 1. The minimum atomic E-state index is -0.497. The number of benzene rings is 1. The molecular weight excluding hydrogens is 392 g/mol. The fraction of sp³-hybridized carbons (Fsp3) is 0.238. The molecule has 0 atom stereocenters. The highest BCUT2D eigenvalue weighted by atomic mass is 35.5. The van der Waals surface area contributed by atoms with Crippen molar-refractivity contribution in [2.75, 3.05) is 13.2 Å². The van der Waals surface area contributed by atoms with Gasteiger partial charge in [0.15, 0.2) is 5.69 Å². The molecule has 0 saturated heterocycles. The summed E-state index contributed by atoms with van der Waals surface area (Å²) in [7, 11) is 0. The van der Waals surface area contributed by atoms with Crippen LogP contribution >= 0.6 is 11.6 Å². The van der Waals surface area contributed by atoms with E-state index in [1.165, 1.54) is 0 Å². The van der Waals surface area contributed by atoms with E-state index in [0.717, 1.165) is 11.4 Å². The van der Waals surface area contributed by atoms with E-state index in [2.05, 4.69) is 10.1 Å². The van der Waals surface area contributed by atoms with E-state index < -0.39 is 5.97 Å². The molecule has 1 aliphatic rings. The predicted octanol–water partition coefficient (Wildman–Crippen LogP) is 3.30. The Morgan fingerprint density at radius 3 is 2.66 bits per heavy atom. The smallest absolute Gasteiger partial charge is 0.359 e. The Kier molecular flexibility index (Phi) is 5.31. The van der Waals surface area contributed by atoms with Crippen LogP contribution in [0.3, 0.4) is 0 Å². The van der Waals surface area contributed by atoms with Crippen LogP contribution in [0.1, 0.15) is 39.2 Å². The van der Waals surface area contributed by atoms with Crippen LogP contribution in [0.4, 0.5) is 0 Å². The number of esters is 1. The van der Waals surface area contributed by atoms with E-state index in [4.69, 9.17) is 16.3 Å². The van der Waals surface area contributed by atoms with Crippen LogP contribution in [-0.2, 0) is 17.7 Å². The van der Waals surface area contributed by atoms with Crippen molar-refractivity contribution < 1.29 is 14.3 Å². The summed E-state index contributed by atoms with van der Waals surface area (Å²) in [5.41, 5.74) is 2.99. The monoisotopic (exact) mass is 410 g/mol. The highest BCUT2D eigenvalue weighted by Crippen LogP contribution is 2.27. The first-order valence-corrected chi connectivity index (χ1v) is 9.70. The van der Waals surface area contributed by atoms with Gasteiger partial charge in [-0.3, -0.25) is 9.78 Å². The summed E-state index contributed by atoms with van der Waals surface area (Å²) >= 11 is 6.00. The predicted molar refractivity (Wildman–Crippen MR) is 107 cm³/mol. The number of rotatable bonds is 4. The number of carbonyl (C=O) groups is 2. The molecule has 8 heteroatoms. The van der Waals surface area contributed by atoms with Gasteiger partial charge in [0.25, 0.3) is 5.91 Å². The van der Waals surface area contributed by atoms with E-state index in [-0.39, 0.29) is 24.8 Å². The molecule has 0 bridgehead atoms. The van der Waals surface area contributed by atoms with Crippen molar-refractivity contribution in [2.45, 2.75) is 19.9 Å².